The van der Waals surface area contributed by atoms with Gasteiger partial charge in [0.25, 0.3) is 0 Å². The van der Waals surface area contributed by atoms with Gasteiger partial charge >= 0.3 is 38.8 Å². The van der Waals surface area contributed by atoms with E-state index in [1.54, 1.807) is 6.92 Å². The topological polar surface area (TPSA) is 17.1 Å². The molecule has 0 atom stereocenters. The molecule has 0 saturated carbocycles. The van der Waals surface area contributed by atoms with Gasteiger partial charge in [0.15, 0.2) is 0 Å². The van der Waals surface area contributed by atoms with Crippen molar-refractivity contribution in [2.45, 2.75) is 12.2 Å². The molecule has 0 amide bonds. The molecule has 0 aliphatic carbocycles. The second kappa shape index (κ2) is 2.43. The molecular formula is C3H6OSe. The van der Waals surface area contributed by atoms with Crippen LogP contribution in [0.4, 0.5) is 0 Å². The first-order valence-electron chi connectivity index (χ1n) is 1.37. The molecule has 0 saturated heterocycles. The van der Waals surface area contributed by atoms with Gasteiger partial charge in [0.2, 0.25) is 0 Å². The molecule has 0 aromatic carbocycles. The SMILES string of the molecule is CC(=O)C[SeH]. The van der Waals surface area contributed by atoms with Crippen molar-refractivity contribution in [3.63, 3.8) is 0 Å². The molecule has 0 aliphatic rings. The molecule has 5 heavy (non-hydrogen) atoms. The molecule has 0 bridgehead atoms. The van der Waals surface area contributed by atoms with Gasteiger partial charge in [-0.25, -0.2) is 0 Å². The first kappa shape index (κ1) is 5.19. The van der Waals surface area contributed by atoms with Gasteiger partial charge in [0.05, 0.1) is 0 Å². The number of rotatable bonds is 1. The van der Waals surface area contributed by atoms with Crippen molar-refractivity contribution < 1.29 is 4.79 Å². The quantitative estimate of drug-likeness (QED) is 0.461. The Kier molecular flexibility index (Phi) is 2.52. The average Bonchev–Trinajstić information content (AvgIpc) is 1.38. The van der Waals surface area contributed by atoms with E-state index in [2.05, 4.69) is 16.0 Å². The molecule has 0 N–H and O–H groups in total. The van der Waals surface area contributed by atoms with E-state index in [1.807, 2.05) is 0 Å². The van der Waals surface area contributed by atoms with Crippen molar-refractivity contribution in [2.75, 3.05) is 0 Å². The zero-order chi connectivity index (χ0) is 4.28. The summed E-state index contributed by atoms with van der Waals surface area (Å²) in [5.41, 5.74) is 0. The molecule has 0 aliphatic heterocycles. The number of carbonyl (C=O) groups excluding carboxylic acids is 1. The molecule has 30 valence electrons. The summed E-state index contributed by atoms with van der Waals surface area (Å²) in [6, 6.07) is 0. The zero-order valence-electron chi connectivity index (χ0n) is 3.06. The van der Waals surface area contributed by atoms with Crippen LogP contribution < -0.4 is 0 Å². The van der Waals surface area contributed by atoms with Crippen molar-refractivity contribution in [1.82, 2.24) is 0 Å². The molecule has 0 heterocycles. The van der Waals surface area contributed by atoms with Crippen molar-refractivity contribution in [3.8, 4) is 0 Å². The van der Waals surface area contributed by atoms with Crippen LogP contribution in [0.25, 0.3) is 0 Å². The summed E-state index contributed by atoms with van der Waals surface area (Å²) in [6.07, 6.45) is 0. The Morgan fingerprint density at radius 2 is 2.20 bits per heavy atom. The van der Waals surface area contributed by atoms with Crippen LogP contribution in [-0.4, -0.2) is 21.8 Å². The Hall–Kier alpha value is 0.189. The fourth-order valence-electron chi connectivity index (χ4n) is 0. The van der Waals surface area contributed by atoms with Gasteiger partial charge in [0, 0.05) is 0 Å². The third kappa shape index (κ3) is 4.19. The van der Waals surface area contributed by atoms with E-state index >= 15 is 0 Å². The normalized spacial score (nSPS) is 7.60. The number of carbonyl (C=O) groups is 1. The van der Waals surface area contributed by atoms with E-state index in [0.29, 0.717) is 5.32 Å². The molecule has 0 unspecified atom stereocenters. The van der Waals surface area contributed by atoms with Crippen molar-refractivity contribution in [2.24, 2.45) is 0 Å². The monoisotopic (exact) mass is 138 g/mol. The van der Waals surface area contributed by atoms with Crippen molar-refractivity contribution in [1.29, 1.82) is 0 Å². The summed E-state index contributed by atoms with van der Waals surface area (Å²) < 4.78 is 0. The summed E-state index contributed by atoms with van der Waals surface area (Å²) >= 11 is 2.22. The van der Waals surface area contributed by atoms with Crippen LogP contribution in [0.5, 0.6) is 0 Å². The number of ketones is 1. The van der Waals surface area contributed by atoms with Crippen LogP contribution >= 0.6 is 0 Å². The summed E-state index contributed by atoms with van der Waals surface area (Å²) in [5.74, 6) is 0.227. The molecule has 0 spiro atoms. The Morgan fingerprint density at radius 3 is 2.20 bits per heavy atom. The average molecular weight is 137 g/mol. The van der Waals surface area contributed by atoms with Crippen LogP contribution in [0.2, 0.25) is 5.32 Å². The summed E-state index contributed by atoms with van der Waals surface area (Å²) in [5, 5.41) is 0.604. The van der Waals surface area contributed by atoms with Crippen LogP contribution in [0.15, 0.2) is 0 Å². The van der Waals surface area contributed by atoms with Crippen LogP contribution in [0.3, 0.4) is 0 Å². The third-order valence-electron chi connectivity index (χ3n) is 0.223. The Bertz CT molecular complexity index is 42.2. The second-order valence-corrected chi connectivity index (χ2v) is 1.52. The van der Waals surface area contributed by atoms with Crippen LogP contribution in [0, 0.1) is 0 Å². The van der Waals surface area contributed by atoms with E-state index in [4.69, 9.17) is 0 Å². The molecule has 0 rings (SSSR count). The molecule has 0 aromatic rings. The first-order valence-corrected chi connectivity index (χ1v) is 2.70. The Labute approximate surface area is 39.6 Å². The van der Waals surface area contributed by atoms with E-state index in [9.17, 15) is 4.79 Å². The maximum absolute atomic E-state index is 9.80. The predicted octanol–water partition coefficient (Wildman–Crippen LogP) is -0.106. The van der Waals surface area contributed by atoms with Gasteiger partial charge in [0.1, 0.15) is 0 Å². The summed E-state index contributed by atoms with van der Waals surface area (Å²) in [6.45, 7) is 1.57. The van der Waals surface area contributed by atoms with Crippen molar-refractivity contribution >= 4 is 21.8 Å². The van der Waals surface area contributed by atoms with Gasteiger partial charge < -0.3 is 0 Å². The zero-order valence-corrected chi connectivity index (χ0v) is 4.94. The minimum absolute atomic E-state index is 0.227. The Balaban J connectivity index is 2.85. The van der Waals surface area contributed by atoms with Crippen LogP contribution in [-0.2, 0) is 4.79 Å². The van der Waals surface area contributed by atoms with Gasteiger partial charge in [-0.05, 0) is 0 Å². The molecule has 0 radical (unpaired) electrons. The summed E-state index contributed by atoms with van der Waals surface area (Å²) in [4.78, 5) is 9.80. The number of hydrogen-bond donors (Lipinski definition) is 0. The standard InChI is InChI=1S/C3H6OSe/c1-3(4)2-5/h5H,2H2,1H3. The third-order valence-corrected chi connectivity index (χ3v) is 1.16. The molecule has 0 aromatic heterocycles. The fourth-order valence-corrected chi connectivity index (χ4v) is 0. The van der Waals surface area contributed by atoms with Crippen molar-refractivity contribution in [3.05, 3.63) is 0 Å². The fraction of sp³-hybridized carbons (Fsp3) is 0.667. The summed E-state index contributed by atoms with van der Waals surface area (Å²) in [7, 11) is 0. The van der Waals surface area contributed by atoms with E-state index in [0.717, 1.165) is 0 Å². The van der Waals surface area contributed by atoms with Crippen LogP contribution in [0.1, 0.15) is 6.92 Å². The van der Waals surface area contributed by atoms with E-state index < -0.39 is 0 Å². The minimum atomic E-state index is 0.227. The molecule has 1 nitrogen and oxygen atoms in total. The number of hydrogen-bond acceptors (Lipinski definition) is 1. The first-order chi connectivity index (χ1) is 2.27. The predicted molar refractivity (Wildman–Crippen MR) is 22.6 cm³/mol. The number of Topliss-reactive ketones (excluding diaryl/α,β-unsaturated/α-hetero) is 1. The van der Waals surface area contributed by atoms with E-state index in [1.165, 1.54) is 0 Å². The van der Waals surface area contributed by atoms with Gasteiger partial charge in [-0.1, -0.05) is 0 Å². The van der Waals surface area contributed by atoms with E-state index in [-0.39, 0.29) is 5.78 Å². The molecule has 0 fully saturated rings. The molecule has 2 heteroatoms. The van der Waals surface area contributed by atoms with Gasteiger partial charge in [-0.2, -0.15) is 0 Å². The second-order valence-electron chi connectivity index (χ2n) is 0.860. The molecular weight excluding hydrogens is 131 g/mol. The van der Waals surface area contributed by atoms with Gasteiger partial charge in [-0.3, -0.25) is 0 Å². The van der Waals surface area contributed by atoms with Gasteiger partial charge in [-0.15, -0.1) is 0 Å². The Morgan fingerprint density at radius 1 is 2.00 bits per heavy atom. The maximum atomic E-state index is 9.80.